The molecule has 0 unspecified atom stereocenters. The number of aromatic nitrogens is 2. The fourth-order valence-electron chi connectivity index (χ4n) is 1.25. The quantitative estimate of drug-likeness (QED) is 0.628. The Morgan fingerprint density at radius 3 is 2.59 bits per heavy atom. The third-order valence-corrected chi connectivity index (χ3v) is 3.98. The van der Waals surface area contributed by atoms with Gasteiger partial charge in [0.2, 0.25) is 5.03 Å². The molecule has 0 saturated heterocycles. The van der Waals surface area contributed by atoms with Crippen molar-refractivity contribution in [3.63, 3.8) is 0 Å². The topological polar surface area (TPSA) is 124 Å². The molecule has 1 heterocycles. The van der Waals surface area contributed by atoms with Crippen LogP contribution >= 0.6 is 0 Å². The molecule has 0 amide bonds. The summed E-state index contributed by atoms with van der Waals surface area (Å²) in [5.41, 5.74) is -0.219. The van der Waals surface area contributed by atoms with Gasteiger partial charge in [-0.05, 0) is 6.92 Å². The number of aryl methyl sites for hydroxylation is 1. The van der Waals surface area contributed by atoms with Crippen molar-refractivity contribution in [3.05, 3.63) is 11.3 Å². The number of aromatic carboxylic acids is 1. The Labute approximate surface area is 97.9 Å². The number of carboxylic acids is 1. The maximum absolute atomic E-state index is 11.9. The first kappa shape index (κ1) is 13.6. The Balaban J connectivity index is 3.30. The van der Waals surface area contributed by atoms with Crippen molar-refractivity contribution in [1.82, 2.24) is 14.5 Å². The summed E-state index contributed by atoms with van der Waals surface area (Å²) >= 11 is 0. The highest BCUT2D eigenvalue weighted by atomic mass is 32.2. The molecule has 0 aliphatic carbocycles. The Bertz CT molecular complexity index is 521. The van der Waals surface area contributed by atoms with Gasteiger partial charge in [-0.3, -0.25) is 5.10 Å². The van der Waals surface area contributed by atoms with E-state index in [2.05, 4.69) is 10.2 Å². The maximum atomic E-state index is 11.9. The molecule has 1 aromatic heterocycles. The summed E-state index contributed by atoms with van der Waals surface area (Å²) in [6.45, 7) is 0.927. The Morgan fingerprint density at radius 1 is 1.53 bits per heavy atom. The number of H-pyrrole nitrogens is 1. The summed E-state index contributed by atoms with van der Waals surface area (Å²) < 4.78 is 24.7. The number of aromatic amines is 1. The van der Waals surface area contributed by atoms with Gasteiger partial charge in [-0.1, -0.05) is 0 Å². The molecule has 17 heavy (non-hydrogen) atoms. The van der Waals surface area contributed by atoms with Crippen LogP contribution in [-0.4, -0.2) is 59.3 Å². The Kier molecular flexibility index (Phi) is 3.86. The number of likely N-dealkylation sites (N-methyl/N-ethyl adjacent to an activating group) is 1. The maximum Gasteiger partial charge on any atom is 0.340 e. The van der Waals surface area contributed by atoms with Crippen LogP contribution in [0.3, 0.4) is 0 Å². The first-order valence-electron chi connectivity index (χ1n) is 4.67. The average Bonchev–Trinajstić information content (AvgIpc) is 2.61. The van der Waals surface area contributed by atoms with Crippen molar-refractivity contribution in [2.24, 2.45) is 0 Å². The number of aliphatic hydroxyl groups is 1. The monoisotopic (exact) mass is 263 g/mol. The molecule has 96 valence electrons. The lowest BCUT2D eigenvalue weighted by molar-refractivity contribution is 0.0691. The van der Waals surface area contributed by atoms with E-state index in [0.717, 1.165) is 4.31 Å². The van der Waals surface area contributed by atoms with Crippen molar-refractivity contribution >= 4 is 16.0 Å². The number of nitrogens with zero attached hydrogens (tertiary/aromatic N) is 2. The number of hydrogen-bond acceptors (Lipinski definition) is 5. The summed E-state index contributed by atoms with van der Waals surface area (Å²) in [6.07, 6.45) is 0. The Morgan fingerprint density at radius 2 is 2.12 bits per heavy atom. The number of carbonyl (C=O) groups is 1. The molecule has 1 aromatic rings. The molecule has 0 atom stereocenters. The van der Waals surface area contributed by atoms with E-state index >= 15 is 0 Å². The summed E-state index contributed by atoms with van der Waals surface area (Å²) in [4.78, 5) is 10.9. The normalized spacial score (nSPS) is 12.0. The lowest BCUT2D eigenvalue weighted by Crippen LogP contribution is -2.31. The van der Waals surface area contributed by atoms with Crippen LogP contribution in [0.25, 0.3) is 0 Å². The van der Waals surface area contributed by atoms with Crippen molar-refractivity contribution in [2.45, 2.75) is 11.9 Å². The highest BCUT2D eigenvalue weighted by Crippen LogP contribution is 2.19. The lowest BCUT2D eigenvalue weighted by atomic mass is 10.3. The van der Waals surface area contributed by atoms with Gasteiger partial charge >= 0.3 is 5.97 Å². The summed E-state index contributed by atoms with van der Waals surface area (Å²) in [5, 5.41) is 22.9. The van der Waals surface area contributed by atoms with E-state index in [9.17, 15) is 13.2 Å². The van der Waals surface area contributed by atoms with E-state index in [1.54, 1.807) is 0 Å². The number of nitrogens with one attached hydrogen (secondary N) is 1. The second-order valence-corrected chi connectivity index (χ2v) is 5.34. The zero-order valence-electron chi connectivity index (χ0n) is 9.34. The largest absolute Gasteiger partial charge is 0.478 e. The van der Waals surface area contributed by atoms with Gasteiger partial charge in [0.15, 0.2) is 0 Å². The minimum Gasteiger partial charge on any atom is -0.478 e. The lowest BCUT2D eigenvalue weighted by Gasteiger charge is -2.14. The molecule has 0 fully saturated rings. The van der Waals surface area contributed by atoms with E-state index in [1.165, 1.54) is 14.0 Å². The van der Waals surface area contributed by atoms with Crippen LogP contribution in [0.15, 0.2) is 5.03 Å². The number of carboxylic acid groups (broad SMARTS) is 1. The fraction of sp³-hybridized carbons (Fsp3) is 0.500. The molecular weight excluding hydrogens is 250 g/mol. The third-order valence-electron chi connectivity index (χ3n) is 2.20. The smallest absolute Gasteiger partial charge is 0.340 e. The number of rotatable bonds is 5. The molecule has 0 bridgehead atoms. The zero-order chi connectivity index (χ0) is 13.2. The fourth-order valence-corrected chi connectivity index (χ4v) is 2.53. The molecular formula is C8H13N3O5S. The van der Waals surface area contributed by atoms with Gasteiger partial charge in [-0.2, -0.15) is 9.40 Å². The van der Waals surface area contributed by atoms with Gasteiger partial charge in [0, 0.05) is 19.3 Å². The van der Waals surface area contributed by atoms with Crippen LogP contribution in [0, 0.1) is 6.92 Å². The highest BCUT2D eigenvalue weighted by Gasteiger charge is 2.30. The number of sulfonamides is 1. The Hall–Kier alpha value is -1.45. The number of aliphatic hydroxyl groups excluding tert-OH is 1. The first-order valence-corrected chi connectivity index (χ1v) is 6.11. The average molecular weight is 263 g/mol. The molecule has 9 heteroatoms. The van der Waals surface area contributed by atoms with Gasteiger partial charge < -0.3 is 10.2 Å². The zero-order valence-corrected chi connectivity index (χ0v) is 10.2. The van der Waals surface area contributed by atoms with E-state index in [4.69, 9.17) is 10.2 Å². The second kappa shape index (κ2) is 4.82. The molecule has 1 rings (SSSR count). The van der Waals surface area contributed by atoms with E-state index < -0.39 is 21.0 Å². The first-order chi connectivity index (χ1) is 7.82. The van der Waals surface area contributed by atoms with Gasteiger partial charge in [0.05, 0.1) is 6.61 Å². The third kappa shape index (κ3) is 2.46. The molecule has 0 radical (unpaired) electrons. The van der Waals surface area contributed by atoms with Crippen LogP contribution < -0.4 is 0 Å². The van der Waals surface area contributed by atoms with Crippen molar-refractivity contribution in [1.29, 1.82) is 0 Å². The molecule has 0 aliphatic heterocycles. The van der Waals surface area contributed by atoms with E-state index in [-0.39, 0.29) is 24.4 Å². The van der Waals surface area contributed by atoms with Gasteiger partial charge in [0.25, 0.3) is 10.0 Å². The highest BCUT2D eigenvalue weighted by molar-refractivity contribution is 7.89. The number of hydrogen-bond donors (Lipinski definition) is 3. The van der Waals surface area contributed by atoms with Gasteiger partial charge in [0.1, 0.15) is 5.56 Å². The molecule has 3 N–H and O–H groups in total. The SMILES string of the molecule is Cc1[nH]nc(S(=O)(=O)N(C)CCO)c1C(=O)O. The van der Waals surface area contributed by atoms with Crippen molar-refractivity contribution < 1.29 is 23.4 Å². The minimum atomic E-state index is -4.01. The summed E-state index contributed by atoms with van der Waals surface area (Å²) in [7, 11) is -2.77. The van der Waals surface area contributed by atoms with Crippen LogP contribution in [0.1, 0.15) is 16.1 Å². The van der Waals surface area contributed by atoms with E-state index in [0.29, 0.717) is 0 Å². The minimum absolute atomic E-state index is 0.132. The molecule has 8 nitrogen and oxygen atoms in total. The van der Waals surface area contributed by atoms with Crippen molar-refractivity contribution in [3.8, 4) is 0 Å². The second-order valence-electron chi connectivity index (χ2n) is 3.38. The van der Waals surface area contributed by atoms with Crippen molar-refractivity contribution in [2.75, 3.05) is 20.2 Å². The standard InChI is InChI=1S/C8H13N3O5S/c1-5-6(8(13)14)7(10-9-5)17(15,16)11(2)3-4-12/h12H,3-4H2,1-2H3,(H,9,10)(H,13,14). The summed E-state index contributed by atoms with van der Waals surface area (Å²) in [5.74, 6) is -1.37. The van der Waals surface area contributed by atoms with Gasteiger partial charge in [-0.25, -0.2) is 13.2 Å². The van der Waals surface area contributed by atoms with E-state index in [1.807, 2.05) is 0 Å². The van der Waals surface area contributed by atoms with Crippen LogP contribution in [0.5, 0.6) is 0 Å². The van der Waals surface area contributed by atoms with Gasteiger partial charge in [-0.15, -0.1) is 0 Å². The predicted molar refractivity (Wildman–Crippen MR) is 57.2 cm³/mol. The van der Waals surface area contributed by atoms with Crippen LogP contribution in [0.2, 0.25) is 0 Å². The predicted octanol–water partition coefficient (Wildman–Crippen LogP) is -0.971. The molecule has 0 spiro atoms. The molecule has 0 aromatic carbocycles. The van der Waals surface area contributed by atoms with Crippen LogP contribution in [0.4, 0.5) is 0 Å². The molecule has 0 aliphatic rings. The molecule has 0 saturated carbocycles. The van der Waals surface area contributed by atoms with Crippen LogP contribution in [-0.2, 0) is 10.0 Å². The summed E-state index contributed by atoms with van der Waals surface area (Å²) in [6, 6.07) is 0.